The fraction of sp³-hybridized carbons (Fsp3) is 0.200. The largest absolute Gasteiger partial charge is 0.493 e. The van der Waals surface area contributed by atoms with Crippen molar-refractivity contribution in [3.8, 4) is 11.5 Å². The van der Waals surface area contributed by atoms with Crippen LogP contribution in [0.25, 0.3) is 0 Å². The number of ether oxygens (including phenoxy) is 2. The van der Waals surface area contributed by atoms with Crippen LogP contribution in [0.4, 0.5) is 0 Å². The summed E-state index contributed by atoms with van der Waals surface area (Å²) in [6, 6.07) is 10.1. The third kappa shape index (κ3) is 4.95. The Hall–Kier alpha value is -2.28. The number of nitrogens with one attached hydrogen (secondary N) is 1. The molecule has 0 saturated carbocycles. The Labute approximate surface area is 177 Å². The van der Waals surface area contributed by atoms with Gasteiger partial charge in [-0.15, -0.1) is 11.3 Å². The molecule has 0 spiro atoms. The van der Waals surface area contributed by atoms with Gasteiger partial charge in [-0.3, -0.25) is 4.79 Å². The van der Waals surface area contributed by atoms with Crippen molar-refractivity contribution in [2.24, 2.45) is 0 Å². The Kier molecular flexibility index (Phi) is 6.78. The second-order valence-electron chi connectivity index (χ2n) is 6.00. The molecule has 0 saturated heterocycles. The molecule has 0 aliphatic heterocycles. The average Bonchev–Trinajstić information content (AvgIpc) is 3.21. The first-order valence-electron chi connectivity index (χ1n) is 8.41. The van der Waals surface area contributed by atoms with Gasteiger partial charge in [-0.2, -0.15) is 0 Å². The Morgan fingerprint density at radius 3 is 2.68 bits per heavy atom. The number of carbonyl (C=O) groups is 1. The van der Waals surface area contributed by atoms with Gasteiger partial charge in [0.25, 0.3) is 5.91 Å². The Bertz CT molecular complexity index is 964. The molecule has 0 bridgehead atoms. The van der Waals surface area contributed by atoms with Gasteiger partial charge in [0.05, 0.1) is 34.4 Å². The van der Waals surface area contributed by atoms with E-state index in [1.807, 2.05) is 18.4 Å². The number of hydrogen-bond donors (Lipinski definition) is 1. The molecule has 1 amide bonds. The molecule has 0 fully saturated rings. The maximum atomic E-state index is 12.6. The van der Waals surface area contributed by atoms with Gasteiger partial charge < -0.3 is 14.8 Å². The summed E-state index contributed by atoms with van der Waals surface area (Å²) in [4.78, 5) is 16.8. The number of amides is 1. The van der Waals surface area contributed by atoms with Crippen LogP contribution in [-0.4, -0.2) is 18.0 Å². The van der Waals surface area contributed by atoms with Crippen LogP contribution in [0.2, 0.25) is 10.0 Å². The number of hydrogen-bond acceptors (Lipinski definition) is 5. The number of carbonyl (C=O) groups excluding carboxylic acids is 1. The fourth-order valence-electron chi connectivity index (χ4n) is 2.53. The van der Waals surface area contributed by atoms with Crippen molar-refractivity contribution in [1.82, 2.24) is 10.3 Å². The van der Waals surface area contributed by atoms with E-state index in [4.69, 9.17) is 32.7 Å². The van der Waals surface area contributed by atoms with Crippen LogP contribution in [0, 0.1) is 0 Å². The smallest absolute Gasteiger partial charge is 0.251 e. The summed E-state index contributed by atoms with van der Waals surface area (Å²) in [5.74, 6) is 0.789. The lowest BCUT2D eigenvalue weighted by Gasteiger charge is -2.16. The van der Waals surface area contributed by atoms with Gasteiger partial charge in [0.15, 0.2) is 11.5 Å². The van der Waals surface area contributed by atoms with E-state index in [0.29, 0.717) is 33.7 Å². The van der Waals surface area contributed by atoms with Crippen LogP contribution in [0.1, 0.15) is 34.6 Å². The minimum Gasteiger partial charge on any atom is -0.493 e. The molecule has 1 aromatic heterocycles. The molecular formula is C20H18Cl2N2O3S. The second kappa shape index (κ2) is 9.28. The van der Waals surface area contributed by atoms with Crippen LogP contribution in [0.3, 0.4) is 0 Å². The number of thiazole rings is 1. The quantitative estimate of drug-likeness (QED) is 0.528. The summed E-state index contributed by atoms with van der Waals surface area (Å²) >= 11 is 13.5. The van der Waals surface area contributed by atoms with Crippen LogP contribution < -0.4 is 14.8 Å². The summed E-state index contributed by atoms with van der Waals surface area (Å²) < 4.78 is 11.1. The molecule has 28 heavy (non-hydrogen) atoms. The zero-order valence-corrected chi connectivity index (χ0v) is 17.6. The summed E-state index contributed by atoms with van der Waals surface area (Å²) in [7, 11) is 1.53. The molecule has 0 aliphatic carbocycles. The molecule has 1 atom stereocenters. The topological polar surface area (TPSA) is 60.5 Å². The molecule has 3 aromatic rings. The zero-order valence-electron chi connectivity index (χ0n) is 15.2. The lowest BCUT2D eigenvalue weighted by Crippen LogP contribution is -2.26. The maximum absolute atomic E-state index is 12.6. The molecule has 0 aliphatic rings. The molecular weight excluding hydrogens is 419 g/mol. The van der Waals surface area contributed by atoms with Crippen molar-refractivity contribution in [3.05, 3.63) is 74.2 Å². The summed E-state index contributed by atoms with van der Waals surface area (Å²) in [6.07, 6.45) is 0. The molecule has 0 radical (unpaired) electrons. The minimum absolute atomic E-state index is 0.233. The van der Waals surface area contributed by atoms with Crippen LogP contribution >= 0.6 is 34.5 Å². The Morgan fingerprint density at radius 2 is 2.00 bits per heavy atom. The van der Waals surface area contributed by atoms with Gasteiger partial charge in [0.1, 0.15) is 6.61 Å². The minimum atomic E-state index is -0.242. The zero-order chi connectivity index (χ0) is 20.1. The van der Waals surface area contributed by atoms with Crippen LogP contribution in [-0.2, 0) is 6.61 Å². The number of rotatable bonds is 7. The summed E-state index contributed by atoms with van der Waals surface area (Å²) in [6.45, 7) is 2.21. The number of halogens is 2. The number of nitrogens with zero attached hydrogens (tertiary/aromatic N) is 1. The first-order chi connectivity index (χ1) is 13.5. The van der Waals surface area contributed by atoms with Gasteiger partial charge in [-0.25, -0.2) is 4.98 Å². The lowest BCUT2D eigenvalue weighted by atomic mass is 10.1. The van der Waals surface area contributed by atoms with Crippen molar-refractivity contribution in [2.75, 3.05) is 7.11 Å². The lowest BCUT2D eigenvalue weighted by molar-refractivity contribution is 0.0939. The van der Waals surface area contributed by atoms with E-state index in [2.05, 4.69) is 10.3 Å². The van der Waals surface area contributed by atoms with E-state index < -0.39 is 0 Å². The van der Waals surface area contributed by atoms with Gasteiger partial charge in [0.2, 0.25) is 0 Å². The highest BCUT2D eigenvalue weighted by Crippen LogP contribution is 2.30. The molecule has 1 N–H and O–H groups in total. The van der Waals surface area contributed by atoms with Crippen molar-refractivity contribution < 1.29 is 14.3 Å². The second-order valence-corrected chi connectivity index (χ2v) is 7.54. The van der Waals surface area contributed by atoms with E-state index in [1.165, 1.54) is 18.4 Å². The normalized spacial score (nSPS) is 11.7. The van der Waals surface area contributed by atoms with Gasteiger partial charge in [-0.1, -0.05) is 29.3 Å². The highest BCUT2D eigenvalue weighted by molar-refractivity contribution is 7.07. The van der Waals surface area contributed by atoms with Gasteiger partial charge in [0, 0.05) is 10.9 Å². The third-order valence-corrected chi connectivity index (χ3v) is 5.45. The average molecular weight is 437 g/mol. The standard InChI is InChI=1S/C20H18Cl2N2O3S/c1-12(13-3-5-16(21)17(22)7-13)24-20(25)14-4-6-18(19(8-14)26-2)27-9-15-10-28-11-23-15/h3-8,10-12H,9H2,1-2H3,(H,24,25). The number of benzene rings is 2. The van der Waals surface area contributed by atoms with Crippen LogP contribution in [0.15, 0.2) is 47.3 Å². The van der Waals surface area contributed by atoms with Crippen molar-refractivity contribution in [3.63, 3.8) is 0 Å². The summed E-state index contributed by atoms with van der Waals surface area (Å²) in [5, 5.41) is 5.78. The monoisotopic (exact) mass is 436 g/mol. The van der Waals surface area contributed by atoms with E-state index in [9.17, 15) is 4.79 Å². The predicted octanol–water partition coefficient (Wildman–Crippen LogP) is 5.53. The highest BCUT2D eigenvalue weighted by Gasteiger charge is 2.15. The maximum Gasteiger partial charge on any atom is 0.251 e. The van der Waals surface area contributed by atoms with E-state index >= 15 is 0 Å². The Morgan fingerprint density at radius 1 is 1.18 bits per heavy atom. The highest BCUT2D eigenvalue weighted by atomic mass is 35.5. The Balaban J connectivity index is 1.69. The van der Waals surface area contributed by atoms with E-state index in [-0.39, 0.29) is 11.9 Å². The van der Waals surface area contributed by atoms with Crippen molar-refractivity contribution in [2.45, 2.75) is 19.6 Å². The molecule has 146 valence electrons. The van der Waals surface area contributed by atoms with Crippen molar-refractivity contribution in [1.29, 1.82) is 0 Å². The van der Waals surface area contributed by atoms with E-state index in [1.54, 1.807) is 35.8 Å². The van der Waals surface area contributed by atoms with Gasteiger partial charge in [-0.05, 0) is 42.8 Å². The first-order valence-corrected chi connectivity index (χ1v) is 10.1. The molecule has 1 heterocycles. The molecule has 3 rings (SSSR count). The predicted molar refractivity (Wildman–Crippen MR) is 112 cm³/mol. The summed E-state index contributed by atoms with van der Waals surface area (Å²) in [5.41, 5.74) is 3.91. The fourth-order valence-corrected chi connectivity index (χ4v) is 3.38. The van der Waals surface area contributed by atoms with Gasteiger partial charge >= 0.3 is 0 Å². The first kappa shape index (κ1) is 20.5. The SMILES string of the molecule is COc1cc(C(=O)NC(C)c2ccc(Cl)c(Cl)c2)ccc1OCc1cscn1. The van der Waals surface area contributed by atoms with Crippen molar-refractivity contribution >= 4 is 40.4 Å². The third-order valence-electron chi connectivity index (χ3n) is 4.08. The molecule has 5 nitrogen and oxygen atoms in total. The number of aromatic nitrogens is 1. The van der Waals surface area contributed by atoms with E-state index in [0.717, 1.165) is 11.3 Å². The number of methoxy groups -OCH3 is 1. The molecule has 8 heteroatoms. The van der Waals surface area contributed by atoms with Crippen LogP contribution in [0.5, 0.6) is 11.5 Å². The molecule has 2 aromatic carbocycles. The molecule has 1 unspecified atom stereocenters.